The van der Waals surface area contributed by atoms with Crippen molar-refractivity contribution in [1.29, 1.82) is 0 Å². The molecule has 0 aliphatic heterocycles. The van der Waals surface area contributed by atoms with Crippen LogP contribution in [0.1, 0.15) is 25.7 Å². The Morgan fingerprint density at radius 1 is 1.06 bits per heavy atom. The fourth-order valence-electron chi connectivity index (χ4n) is 3.64. The van der Waals surface area contributed by atoms with Crippen molar-refractivity contribution < 1.29 is 9.47 Å². The Bertz CT molecular complexity index is 258. The van der Waals surface area contributed by atoms with E-state index in [2.05, 4.69) is 13.2 Å². The second kappa shape index (κ2) is 5.83. The molecule has 2 atom stereocenters. The monoisotopic (exact) mass is 236 g/mol. The maximum Gasteiger partial charge on any atom is 0.0645 e. The van der Waals surface area contributed by atoms with Crippen LogP contribution in [0, 0.1) is 17.3 Å². The maximum atomic E-state index is 5.73. The summed E-state index contributed by atoms with van der Waals surface area (Å²) in [6, 6.07) is 0. The highest BCUT2D eigenvalue weighted by molar-refractivity contribution is 5.00. The van der Waals surface area contributed by atoms with Crippen molar-refractivity contribution in [2.45, 2.75) is 25.7 Å². The first kappa shape index (κ1) is 12.8. The van der Waals surface area contributed by atoms with Crippen LogP contribution in [0.2, 0.25) is 0 Å². The number of fused-ring (bicyclic) bond motifs is 2. The predicted molar refractivity (Wildman–Crippen MR) is 69.9 cm³/mol. The van der Waals surface area contributed by atoms with Gasteiger partial charge in [-0.25, -0.2) is 0 Å². The van der Waals surface area contributed by atoms with E-state index in [1.807, 2.05) is 12.2 Å². The minimum atomic E-state index is 0.273. The van der Waals surface area contributed by atoms with Crippen molar-refractivity contribution in [1.82, 2.24) is 0 Å². The van der Waals surface area contributed by atoms with Crippen LogP contribution in [0.3, 0.4) is 0 Å². The van der Waals surface area contributed by atoms with Gasteiger partial charge in [-0.1, -0.05) is 18.6 Å². The van der Waals surface area contributed by atoms with Gasteiger partial charge >= 0.3 is 0 Å². The van der Waals surface area contributed by atoms with Gasteiger partial charge in [0.1, 0.15) is 0 Å². The van der Waals surface area contributed by atoms with E-state index in [1.165, 1.54) is 25.7 Å². The first-order valence-electron chi connectivity index (χ1n) is 6.68. The number of ether oxygens (including phenoxy) is 2. The van der Waals surface area contributed by atoms with Crippen molar-refractivity contribution in [2.24, 2.45) is 17.3 Å². The Morgan fingerprint density at radius 3 is 2.12 bits per heavy atom. The highest BCUT2D eigenvalue weighted by Crippen LogP contribution is 2.56. The van der Waals surface area contributed by atoms with Gasteiger partial charge in [0.15, 0.2) is 0 Å². The van der Waals surface area contributed by atoms with Gasteiger partial charge in [-0.05, 0) is 31.1 Å². The average molecular weight is 236 g/mol. The molecule has 2 heteroatoms. The minimum Gasteiger partial charge on any atom is -0.377 e. The molecule has 0 radical (unpaired) electrons. The van der Waals surface area contributed by atoms with Gasteiger partial charge in [0.05, 0.1) is 26.4 Å². The molecule has 96 valence electrons. The van der Waals surface area contributed by atoms with Crippen LogP contribution in [0.25, 0.3) is 0 Å². The molecule has 2 bridgehead atoms. The van der Waals surface area contributed by atoms with Crippen LogP contribution in [0.15, 0.2) is 25.3 Å². The van der Waals surface area contributed by atoms with Crippen molar-refractivity contribution in [3.63, 3.8) is 0 Å². The summed E-state index contributed by atoms with van der Waals surface area (Å²) in [4.78, 5) is 0. The second-order valence-electron chi connectivity index (χ2n) is 5.55. The first-order valence-corrected chi connectivity index (χ1v) is 6.68. The smallest absolute Gasteiger partial charge is 0.0645 e. The highest BCUT2D eigenvalue weighted by Gasteiger charge is 2.51. The summed E-state index contributed by atoms with van der Waals surface area (Å²) in [5.41, 5.74) is 0.273. The Kier molecular flexibility index (Phi) is 4.41. The lowest BCUT2D eigenvalue weighted by Crippen LogP contribution is -2.37. The Hall–Kier alpha value is -0.600. The molecule has 2 unspecified atom stereocenters. The Labute approximate surface area is 105 Å². The molecule has 0 heterocycles. The van der Waals surface area contributed by atoms with Crippen molar-refractivity contribution in [3.8, 4) is 0 Å². The number of hydrogen-bond acceptors (Lipinski definition) is 2. The summed E-state index contributed by atoms with van der Waals surface area (Å²) in [6.07, 6.45) is 9.09. The largest absolute Gasteiger partial charge is 0.377 e. The highest BCUT2D eigenvalue weighted by atomic mass is 16.5. The van der Waals surface area contributed by atoms with Gasteiger partial charge in [0.25, 0.3) is 0 Å². The van der Waals surface area contributed by atoms with Crippen LogP contribution in [0.4, 0.5) is 0 Å². The van der Waals surface area contributed by atoms with Gasteiger partial charge < -0.3 is 9.47 Å². The van der Waals surface area contributed by atoms with E-state index in [1.54, 1.807) is 0 Å². The van der Waals surface area contributed by atoms with Crippen LogP contribution >= 0.6 is 0 Å². The molecule has 2 nitrogen and oxygen atoms in total. The Balaban J connectivity index is 1.91. The molecule has 0 aromatic heterocycles. The van der Waals surface area contributed by atoms with Crippen LogP contribution in [-0.4, -0.2) is 26.4 Å². The molecule has 0 N–H and O–H groups in total. The Morgan fingerprint density at radius 2 is 1.71 bits per heavy atom. The third kappa shape index (κ3) is 2.80. The summed E-state index contributed by atoms with van der Waals surface area (Å²) in [6.45, 7) is 10.4. The molecule has 0 spiro atoms. The summed E-state index contributed by atoms with van der Waals surface area (Å²) in [7, 11) is 0. The standard InChI is InChI=1S/C15H24O2/c1-3-7-16-11-15(12-17-8-4-2)10-13-5-6-14(15)9-13/h3-4,13-14H,1-2,5-12H2. The van der Waals surface area contributed by atoms with Crippen molar-refractivity contribution in [2.75, 3.05) is 26.4 Å². The minimum absolute atomic E-state index is 0.273. The zero-order valence-corrected chi connectivity index (χ0v) is 10.7. The van der Waals surface area contributed by atoms with Gasteiger partial charge in [0.2, 0.25) is 0 Å². The lowest BCUT2D eigenvalue weighted by atomic mass is 9.74. The van der Waals surface area contributed by atoms with E-state index in [0.717, 1.165) is 25.0 Å². The summed E-state index contributed by atoms with van der Waals surface area (Å²) >= 11 is 0. The molecule has 2 saturated carbocycles. The molecule has 0 amide bonds. The first-order chi connectivity index (χ1) is 8.30. The number of rotatable bonds is 8. The second-order valence-corrected chi connectivity index (χ2v) is 5.55. The SMILES string of the molecule is C=CCOCC1(COCC=C)CC2CCC1C2. The van der Waals surface area contributed by atoms with Crippen LogP contribution < -0.4 is 0 Å². The van der Waals surface area contributed by atoms with E-state index < -0.39 is 0 Å². The molecule has 2 rings (SSSR count). The molecule has 0 saturated heterocycles. The molecule has 17 heavy (non-hydrogen) atoms. The molecule has 0 aromatic rings. The molecule has 0 aromatic carbocycles. The molecule has 2 aliphatic rings. The normalized spacial score (nSPS) is 29.4. The van der Waals surface area contributed by atoms with E-state index in [9.17, 15) is 0 Å². The molecule has 2 aliphatic carbocycles. The maximum absolute atomic E-state index is 5.73. The van der Waals surface area contributed by atoms with Gasteiger partial charge in [0, 0.05) is 5.41 Å². The average Bonchev–Trinajstić information content (AvgIpc) is 2.90. The van der Waals surface area contributed by atoms with Gasteiger partial charge in [-0.3, -0.25) is 0 Å². The van der Waals surface area contributed by atoms with Gasteiger partial charge in [-0.15, -0.1) is 13.2 Å². The zero-order chi connectivity index (χ0) is 12.1. The zero-order valence-electron chi connectivity index (χ0n) is 10.7. The summed E-state index contributed by atoms with van der Waals surface area (Å²) in [5, 5.41) is 0. The van der Waals surface area contributed by atoms with E-state index in [-0.39, 0.29) is 5.41 Å². The lowest BCUT2D eigenvalue weighted by Gasteiger charge is -2.37. The molecular weight excluding hydrogens is 212 g/mol. The quantitative estimate of drug-likeness (QED) is 0.476. The van der Waals surface area contributed by atoms with Crippen molar-refractivity contribution in [3.05, 3.63) is 25.3 Å². The number of hydrogen-bond donors (Lipinski definition) is 0. The van der Waals surface area contributed by atoms with Gasteiger partial charge in [-0.2, -0.15) is 0 Å². The molecular formula is C15H24O2. The summed E-state index contributed by atoms with van der Waals surface area (Å²) < 4.78 is 11.5. The lowest BCUT2D eigenvalue weighted by molar-refractivity contribution is -0.0414. The summed E-state index contributed by atoms with van der Waals surface area (Å²) in [5.74, 6) is 1.72. The third-order valence-electron chi connectivity index (χ3n) is 4.35. The fraction of sp³-hybridized carbons (Fsp3) is 0.733. The van der Waals surface area contributed by atoms with E-state index in [0.29, 0.717) is 13.2 Å². The van der Waals surface area contributed by atoms with E-state index >= 15 is 0 Å². The fourth-order valence-corrected chi connectivity index (χ4v) is 3.64. The van der Waals surface area contributed by atoms with Crippen LogP contribution in [-0.2, 0) is 9.47 Å². The van der Waals surface area contributed by atoms with Crippen molar-refractivity contribution >= 4 is 0 Å². The topological polar surface area (TPSA) is 18.5 Å². The third-order valence-corrected chi connectivity index (χ3v) is 4.35. The van der Waals surface area contributed by atoms with E-state index in [4.69, 9.17) is 9.47 Å². The predicted octanol–water partition coefficient (Wildman–Crippen LogP) is 3.20. The molecule has 2 fully saturated rings. The van der Waals surface area contributed by atoms with Crippen LogP contribution in [0.5, 0.6) is 0 Å².